The molecule has 0 aliphatic carbocycles. The molecule has 2 rings (SSSR count). The number of H-pyrrole nitrogens is 1. The normalized spacial score (nSPS) is 10.5. The van der Waals surface area contributed by atoms with Gasteiger partial charge in [-0.25, -0.2) is 4.98 Å². The molecule has 15 heavy (non-hydrogen) atoms. The molecule has 0 saturated carbocycles. The molecule has 2 heterocycles. The van der Waals surface area contributed by atoms with Gasteiger partial charge in [-0.05, 0) is 19.2 Å². The van der Waals surface area contributed by atoms with Crippen molar-refractivity contribution in [3.05, 3.63) is 40.5 Å². The smallest absolute Gasteiger partial charge is 0.255 e. The van der Waals surface area contributed by atoms with E-state index in [0.717, 1.165) is 0 Å². The van der Waals surface area contributed by atoms with Crippen LogP contribution < -0.4 is 10.9 Å². The predicted molar refractivity (Wildman–Crippen MR) is 55.3 cm³/mol. The first-order valence-corrected chi connectivity index (χ1v) is 4.58. The minimum Gasteiger partial charge on any atom is -0.461 e. The fraction of sp³-hybridized carbons (Fsp3) is 0.200. The first-order chi connectivity index (χ1) is 7.31. The summed E-state index contributed by atoms with van der Waals surface area (Å²) in [5, 5.41) is 2.90. The summed E-state index contributed by atoms with van der Waals surface area (Å²) in [6.07, 6.45) is 3.09. The van der Waals surface area contributed by atoms with E-state index in [4.69, 9.17) is 4.42 Å². The molecule has 0 saturated heterocycles. The Labute approximate surface area is 86.2 Å². The third kappa shape index (κ3) is 1.97. The second kappa shape index (κ2) is 4.10. The fourth-order valence-corrected chi connectivity index (χ4v) is 1.28. The summed E-state index contributed by atoms with van der Waals surface area (Å²) in [5.74, 6) is 1.01. The van der Waals surface area contributed by atoms with Gasteiger partial charge in [0.15, 0.2) is 11.6 Å². The molecule has 0 aromatic carbocycles. The van der Waals surface area contributed by atoms with Crippen molar-refractivity contribution in [2.75, 3.05) is 7.05 Å². The average Bonchev–Trinajstić information content (AvgIpc) is 2.74. The lowest BCUT2D eigenvalue weighted by atomic mass is 10.3. The van der Waals surface area contributed by atoms with E-state index in [0.29, 0.717) is 23.7 Å². The summed E-state index contributed by atoms with van der Waals surface area (Å²) in [5.41, 5.74) is 0.457. The number of nitrogens with one attached hydrogen (secondary N) is 2. The first-order valence-electron chi connectivity index (χ1n) is 4.58. The first kappa shape index (κ1) is 9.67. The van der Waals surface area contributed by atoms with Crippen LogP contribution in [0.1, 0.15) is 5.56 Å². The van der Waals surface area contributed by atoms with E-state index in [9.17, 15) is 4.79 Å². The molecule has 0 bridgehead atoms. The van der Waals surface area contributed by atoms with Gasteiger partial charge >= 0.3 is 0 Å². The maximum absolute atomic E-state index is 11.5. The van der Waals surface area contributed by atoms with E-state index in [1.165, 1.54) is 6.26 Å². The van der Waals surface area contributed by atoms with E-state index < -0.39 is 0 Å². The lowest BCUT2D eigenvalue weighted by Crippen LogP contribution is -2.19. The predicted octanol–water partition coefficient (Wildman–Crippen LogP) is 0.749. The highest BCUT2D eigenvalue weighted by Gasteiger charge is 2.05. The zero-order valence-electron chi connectivity index (χ0n) is 8.28. The summed E-state index contributed by atoms with van der Waals surface area (Å²) < 4.78 is 5.13. The zero-order valence-corrected chi connectivity index (χ0v) is 8.28. The topological polar surface area (TPSA) is 70.9 Å². The maximum Gasteiger partial charge on any atom is 0.255 e. The van der Waals surface area contributed by atoms with Crippen molar-refractivity contribution in [1.29, 1.82) is 0 Å². The molecule has 5 heteroatoms. The Morgan fingerprint density at radius 2 is 2.47 bits per heavy atom. The summed E-state index contributed by atoms with van der Waals surface area (Å²) >= 11 is 0. The maximum atomic E-state index is 11.5. The molecular formula is C10H11N3O2. The van der Waals surface area contributed by atoms with Crippen LogP contribution in [-0.4, -0.2) is 17.0 Å². The van der Waals surface area contributed by atoms with E-state index in [2.05, 4.69) is 15.3 Å². The van der Waals surface area contributed by atoms with E-state index in [-0.39, 0.29) is 5.56 Å². The van der Waals surface area contributed by atoms with Crippen LogP contribution in [0.15, 0.2) is 33.8 Å². The van der Waals surface area contributed by atoms with Gasteiger partial charge in [-0.3, -0.25) is 4.79 Å². The van der Waals surface area contributed by atoms with Crippen LogP contribution in [-0.2, 0) is 6.54 Å². The summed E-state index contributed by atoms with van der Waals surface area (Å²) in [7, 11) is 1.78. The fourth-order valence-electron chi connectivity index (χ4n) is 1.28. The second-order valence-electron chi connectivity index (χ2n) is 3.09. The van der Waals surface area contributed by atoms with Crippen LogP contribution in [0.3, 0.4) is 0 Å². The minimum absolute atomic E-state index is 0.147. The van der Waals surface area contributed by atoms with Crippen molar-refractivity contribution in [3.63, 3.8) is 0 Å². The molecule has 2 N–H and O–H groups in total. The highest BCUT2D eigenvalue weighted by molar-refractivity contribution is 5.45. The number of aromatic amines is 1. The third-order valence-corrected chi connectivity index (χ3v) is 1.99. The van der Waals surface area contributed by atoms with Crippen molar-refractivity contribution in [2.24, 2.45) is 0 Å². The van der Waals surface area contributed by atoms with Crippen LogP contribution in [0.25, 0.3) is 11.6 Å². The van der Waals surface area contributed by atoms with Crippen molar-refractivity contribution < 1.29 is 4.42 Å². The molecule has 0 unspecified atom stereocenters. The molecule has 0 aliphatic heterocycles. The lowest BCUT2D eigenvalue weighted by molar-refractivity contribution is 0.576. The largest absolute Gasteiger partial charge is 0.461 e. The van der Waals surface area contributed by atoms with Gasteiger partial charge in [-0.15, -0.1) is 0 Å². The number of furan rings is 1. The van der Waals surface area contributed by atoms with Gasteiger partial charge in [0.1, 0.15) is 0 Å². The molecule has 0 atom stereocenters. The van der Waals surface area contributed by atoms with Gasteiger partial charge in [0.05, 0.1) is 6.26 Å². The van der Waals surface area contributed by atoms with Crippen LogP contribution in [0.5, 0.6) is 0 Å². The Bertz CT molecular complexity index is 488. The molecule has 0 fully saturated rings. The highest BCUT2D eigenvalue weighted by atomic mass is 16.3. The molecular weight excluding hydrogens is 194 g/mol. The van der Waals surface area contributed by atoms with Crippen LogP contribution >= 0.6 is 0 Å². The van der Waals surface area contributed by atoms with Gasteiger partial charge < -0.3 is 14.7 Å². The van der Waals surface area contributed by atoms with Crippen molar-refractivity contribution in [3.8, 4) is 11.6 Å². The summed E-state index contributed by atoms with van der Waals surface area (Å²) in [6, 6.07) is 3.49. The molecule has 0 aliphatic rings. The number of nitrogens with zero attached hydrogens (tertiary/aromatic N) is 1. The van der Waals surface area contributed by atoms with Gasteiger partial charge in [0.25, 0.3) is 5.56 Å². The molecule has 0 amide bonds. The Balaban J connectivity index is 2.38. The third-order valence-electron chi connectivity index (χ3n) is 1.99. The number of rotatable bonds is 3. The summed E-state index contributed by atoms with van der Waals surface area (Å²) in [4.78, 5) is 18.3. The monoisotopic (exact) mass is 205 g/mol. The zero-order chi connectivity index (χ0) is 10.7. The Morgan fingerprint density at radius 1 is 1.60 bits per heavy atom. The highest BCUT2D eigenvalue weighted by Crippen LogP contribution is 2.12. The van der Waals surface area contributed by atoms with Gasteiger partial charge in [0, 0.05) is 18.3 Å². The molecule has 5 nitrogen and oxygen atoms in total. The van der Waals surface area contributed by atoms with Crippen molar-refractivity contribution >= 4 is 0 Å². The second-order valence-corrected chi connectivity index (χ2v) is 3.09. The van der Waals surface area contributed by atoms with Gasteiger partial charge in [-0.2, -0.15) is 0 Å². The number of hydrogen-bond donors (Lipinski definition) is 2. The van der Waals surface area contributed by atoms with Gasteiger partial charge in [0.2, 0.25) is 0 Å². The van der Waals surface area contributed by atoms with Crippen LogP contribution in [0.2, 0.25) is 0 Å². The SMILES string of the molecule is CNCc1cnc(-c2ccco2)[nH]c1=O. The number of aromatic nitrogens is 2. The molecule has 0 spiro atoms. The molecule has 78 valence electrons. The Hall–Kier alpha value is -1.88. The lowest BCUT2D eigenvalue weighted by Gasteiger charge is -1.99. The van der Waals surface area contributed by atoms with Crippen LogP contribution in [0.4, 0.5) is 0 Å². The Kier molecular flexibility index (Phi) is 2.64. The van der Waals surface area contributed by atoms with E-state index in [1.807, 2.05) is 0 Å². The molecule has 0 radical (unpaired) electrons. The number of hydrogen-bond acceptors (Lipinski definition) is 4. The quantitative estimate of drug-likeness (QED) is 0.775. The standard InChI is InChI=1S/C10H11N3O2/c1-11-5-7-6-12-9(13-10(7)14)8-3-2-4-15-8/h2-4,6,11H,5H2,1H3,(H,12,13,14). The average molecular weight is 205 g/mol. The van der Waals surface area contributed by atoms with E-state index in [1.54, 1.807) is 25.4 Å². The molecule has 2 aromatic heterocycles. The summed E-state index contributed by atoms with van der Waals surface area (Å²) in [6.45, 7) is 0.501. The minimum atomic E-state index is -0.147. The van der Waals surface area contributed by atoms with E-state index >= 15 is 0 Å². The van der Waals surface area contributed by atoms with Crippen molar-refractivity contribution in [2.45, 2.75) is 6.54 Å². The Morgan fingerprint density at radius 3 is 3.07 bits per heavy atom. The molecule has 2 aromatic rings. The van der Waals surface area contributed by atoms with Crippen molar-refractivity contribution in [1.82, 2.24) is 15.3 Å². The van der Waals surface area contributed by atoms with Crippen LogP contribution in [0, 0.1) is 0 Å². The van der Waals surface area contributed by atoms with Gasteiger partial charge in [-0.1, -0.05) is 0 Å².